The summed E-state index contributed by atoms with van der Waals surface area (Å²) in [4.78, 5) is 25.2. The summed E-state index contributed by atoms with van der Waals surface area (Å²) in [5.74, 6) is -2.45. The molecule has 32 heavy (non-hydrogen) atoms. The van der Waals surface area contributed by atoms with Gasteiger partial charge in [-0.25, -0.2) is 23.6 Å². The normalized spacial score (nSPS) is 14.9. The van der Waals surface area contributed by atoms with Crippen LogP contribution in [0, 0.1) is 11.2 Å². The molecule has 1 fully saturated rings. The molecule has 168 valence electrons. The number of aliphatic carboxylic acids is 1. The molecule has 10 nitrogen and oxygen atoms in total. The number of anilines is 1. The van der Waals surface area contributed by atoms with Crippen LogP contribution in [0.5, 0.6) is 5.75 Å². The minimum absolute atomic E-state index is 0.0894. The van der Waals surface area contributed by atoms with E-state index in [0.29, 0.717) is 31.9 Å². The Morgan fingerprint density at radius 1 is 1.34 bits per heavy atom. The average Bonchev–Trinajstić information content (AvgIpc) is 2.80. The van der Waals surface area contributed by atoms with Crippen LogP contribution in [0.3, 0.4) is 0 Å². The Labute approximate surface area is 181 Å². The number of nitrogens with zero attached hydrogens (tertiary/aromatic N) is 4. The SMILES string of the molecule is N=C(C(=O)O)/C(=C\C(N)=Nc1nc(N2CCOCC2)ncc1F)c1ccc(OCF)cc1. The van der Waals surface area contributed by atoms with Gasteiger partial charge in [-0.05, 0) is 23.8 Å². The van der Waals surface area contributed by atoms with Crippen LogP contribution in [0.4, 0.5) is 20.5 Å². The van der Waals surface area contributed by atoms with Crippen molar-refractivity contribution in [3.8, 4) is 5.75 Å². The van der Waals surface area contributed by atoms with Crippen molar-refractivity contribution < 1.29 is 28.2 Å². The van der Waals surface area contributed by atoms with Crippen molar-refractivity contribution in [1.29, 1.82) is 5.41 Å². The number of aromatic nitrogens is 2. The number of amidine groups is 1. The second-order valence-electron chi connectivity index (χ2n) is 6.49. The number of morpholine rings is 1. The van der Waals surface area contributed by atoms with Crippen LogP contribution in [0.1, 0.15) is 5.56 Å². The third kappa shape index (κ3) is 5.60. The van der Waals surface area contributed by atoms with E-state index in [9.17, 15) is 18.7 Å². The zero-order valence-electron chi connectivity index (χ0n) is 16.8. The minimum atomic E-state index is -1.50. The van der Waals surface area contributed by atoms with Gasteiger partial charge >= 0.3 is 5.97 Å². The van der Waals surface area contributed by atoms with Crippen molar-refractivity contribution in [2.45, 2.75) is 0 Å². The summed E-state index contributed by atoms with van der Waals surface area (Å²) >= 11 is 0. The van der Waals surface area contributed by atoms with Crippen molar-refractivity contribution in [1.82, 2.24) is 9.97 Å². The van der Waals surface area contributed by atoms with Crippen LogP contribution < -0.4 is 15.4 Å². The number of nitrogens with one attached hydrogen (secondary N) is 1. The Hall–Kier alpha value is -3.93. The van der Waals surface area contributed by atoms with E-state index in [4.69, 9.17) is 20.6 Å². The molecule has 0 aliphatic carbocycles. The molecule has 0 unspecified atom stereocenters. The van der Waals surface area contributed by atoms with Crippen molar-refractivity contribution in [3.05, 3.63) is 47.9 Å². The molecule has 0 saturated carbocycles. The van der Waals surface area contributed by atoms with Crippen LogP contribution in [0.25, 0.3) is 5.57 Å². The van der Waals surface area contributed by atoms with Crippen LogP contribution in [-0.4, -0.2) is 65.8 Å². The Morgan fingerprint density at radius 2 is 2.03 bits per heavy atom. The summed E-state index contributed by atoms with van der Waals surface area (Å²) in [5, 5.41) is 17.1. The van der Waals surface area contributed by atoms with Crippen LogP contribution in [-0.2, 0) is 9.53 Å². The average molecular weight is 446 g/mol. The molecule has 2 heterocycles. The van der Waals surface area contributed by atoms with Crippen LogP contribution in [0.15, 0.2) is 41.5 Å². The number of hydrogen-bond acceptors (Lipinski definition) is 8. The highest BCUT2D eigenvalue weighted by atomic mass is 19.1. The Bertz CT molecular complexity index is 1050. The van der Waals surface area contributed by atoms with Crippen LogP contribution in [0.2, 0.25) is 0 Å². The van der Waals surface area contributed by atoms with E-state index in [0.717, 1.165) is 12.3 Å². The Kier molecular flexibility index (Phi) is 7.39. The molecule has 1 aliphatic rings. The quantitative estimate of drug-likeness (QED) is 0.412. The maximum atomic E-state index is 14.2. The first-order chi connectivity index (χ1) is 15.4. The van der Waals surface area contributed by atoms with Gasteiger partial charge in [0.05, 0.1) is 19.4 Å². The molecule has 0 spiro atoms. The van der Waals surface area contributed by atoms with E-state index in [2.05, 4.69) is 15.0 Å². The molecular weight excluding hydrogens is 426 g/mol. The number of carbonyl (C=O) groups is 1. The summed E-state index contributed by atoms with van der Waals surface area (Å²) in [7, 11) is 0. The van der Waals surface area contributed by atoms with Crippen molar-refractivity contribution in [2.24, 2.45) is 10.7 Å². The first-order valence-corrected chi connectivity index (χ1v) is 9.41. The third-order valence-corrected chi connectivity index (χ3v) is 4.40. The molecule has 2 aromatic rings. The van der Waals surface area contributed by atoms with Gasteiger partial charge in [0.2, 0.25) is 12.8 Å². The second-order valence-corrected chi connectivity index (χ2v) is 6.49. The Morgan fingerprint density at radius 3 is 2.66 bits per heavy atom. The standard InChI is InChI=1S/C20H20F2N6O4/c21-11-32-13-3-1-12(2-4-13)14(17(24)19(29)30)9-16(23)26-18-15(22)10-25-20(27-18)28-5-7-31-8-6-28/h1-4,9-10,24H,5-8,11H2,(H,29,30)(H2,23,25,26,27)/b14-9-,24-17?. The number of alkyl halides is 1. The van der Waals surface area contributed by atoms with E-state index < -0.39 is 24.4 Å². The van der Waals surface area contributed by atoms with Gasteiger partial charge in [-0.3, -0.25) is 5.41 Å². The smallest absolute Gasteiger partial charge is 0.354 e. The van der Waals surface area contributed by atoms with Gasteiger partial charge < -0.3 is 25.2 Å². The number of hydrogen-bond donors (Lipinski definition) is 3. The number of carboxylic acid groups (broad SMARTS) is 1. The van der Waals surface area contributed by atoms with Gasteiger partial charge in [0, 0.05) is 18.7 Å². The van der Waals surface area contributed by atoms with E-state index in [1.54, 1.807) is 4.90 Å². The van der Waals surface area contributed by atoms with E-state index in [1.165, 1.54) is 24.3 Å². The highest BCUT2D eigenvalue weighted by Gasteiger charge is 2.18. The molecule has 1 aromatic carbocycles. The molecule has 0 atom stereocenters. The van der Waals surface area contributed by atoms with Gasteiger partial charge in [0.25, 0.3) is 0 Å². The van der Waals surface area contributed by atoms with Gasteiger partial charge in [0.1, 0.15) is 17.3 Å². The van der Waals surface area contributed by atoms with Gasteiger partial charge in [-0.2, -0.15) is 4.98 Å². The van der Waals surface area contributed by atoms with E-state index in [1.807, 2.05) is 0 Å². The lowest BCUT2D eigenvalue weighted by Gasteiger charge is -2.26. The lowest BCUT2D eigenvalue weighted by Crippen LogP contribution is -2.37. The highest BCUT2D eigenvalue weighted by Crippen LogP contribution is 2.22. The number of nitrogens with two attached hydrogens (primary N) is 1. The Balaban J connectivity index is 1.94. The first-order valence-electron chi connectivity index (χ1n) is 9.41. The fraction of sp³-hybridized carbons (Fsp3) is 0.250. The van der Waals surface area contributed by atoms with Crippen molar-refractivity contribution in [3.63, 3.8) is 0 Å². The second kappa shape index (κ2) is 10.4. The molecule has 1 aliphatic heterocycles. The summed E-state index contributed by atoms with van der Waals surface area (Å²) in [6.07, 6.45) is 2.09. The minimum Gasteiger partial charge on any atom is -0.477 e. The van der Waals surface area contributed by atoms with Gasteiger partial charge in [-0.15, -0.1) is 0 Å². The molecular formula is C20H20F2N6O4. The lowest BCUT2D eigenvalue weighted by atomic mass is 10.0. The third-order valence-electron chi connectivity index (χ3n) is 4.40. The number of benzene rings is 1. The molecule has 4 N–H and O–H groups in total. The maximum absolute atomic E-state index is 14.2. The molecule has 0 radical (unpaired) electrons. The number of rotatable bonds is 8. The zero-order valence-corrected chi connectivity index (χ0v) is 16.8. The monoisotopic (exact) mass is 446 g/mol. The summed E-state index contributed by atoms with van der Waals surface area (Å²) in [6.45, 7) is 1.02. The van der Waals surface area contributed by atoms with E-state index >= 15 is 0 Å². The zero-order chi connectivity index (χ0) is 23.1. The maximum Gasteiger partial charge on any atom is 0.354 e. The molecule has 0 bridgehead atoms. The van der Waals surface area contributed by atoms with Crippen molar-refractivity contribution in [2.75, 3.05) is 38.1 Å². The summed E-state index contributed by atoms with van der Waals surface area (Å²) in [6, 6.07) is 5.68. The fourth-order valence-corrected chi connectivity index (χ4v) is 2.85. The molecule has 0 amide bonds. The molecule has 12 heteroatoms. The number of aliphatic imine (C=N–C) groups is 1. The predicted octanol–water partition coefficient (Wildman–Crippen LogP) is 1.93. The largest absolute Gasteiger partial charge is 0.477 e. The first kappa shape index (κ1) is 22.7. The van der Waals surface area contributed by atoms with Crippen LogP contribution >= 0.6 is 0 Å². The molecule has 1 saturated heterocycles. The highest BCUT2D eigenvalue weighted by molar-refractivity contribution is 6.53. The number of halogens is 2. The lowest BCUT2D eigenvalue weighted by molar-refractivity contribution is -0.129. The van der Waals surface area contributed by atoms with E-state index in [-0.39, 0.29) is 28.9 Å². The number of carboxylic acids is 1. The van der Waals surface area contributed by atoms with Gasteiger partial charge in [0.15, 0.2) is 11.6 Å². The van der Waals surface area contributed by atoms with Gasteiger partial charge in [-0.1, -0.05) is 12.1 Å². The number of ether oxygens (including phenoxy) is 2. The molecule has 1 aromatic heterocycles. The fourth-order valence-electron chi connectivity index (χ4n) is 2.85. The van der Waals surface area contributed by atoms with Crippen molar-refractivity contribution >= 4 is 34.9 Å². The predicted molar refractivity (Wildman–Crippen MR) is 113 cm³/mol. The molecule has 3 rings (SSSR count). The summed E-state index contributed by atoms with van der Waals surface area (Å²) < 4.78 is 36.5. The topological polar surface area (TPSA) is 147 Å². The summed E-state index contributed by atoms with van der Waals surface area (Å²) in [5.41, 5.74) is 5.34.